The summed E-state index contributed by atoms with van der Waals surface area (Å²) in [6.45, 7) is 7.73. The van der Waals surface area contributed by atoms with Gasteiger partial charge in [0, 0.05) is 50.7 Å². The lowest BCUT2D eigenvalue weighted by atomic mass is 9.82. The number of benzene rings is 1. The van der Waals surface area contributed by atoms with Gasteiger partial charge in [-0.2, -0.15) is 0 Å². The second-order valence-electron chi connectivity index (χ2n) is 11.0. The van der Waals surface area contributed by atoms with Crippen LogP contribution in [0.5, 0.6) is 5.75 Å². The smallest absolute Gasteiger partial charge is 0.236 e. The fourth-order valence-corrected chi connectivity index (χ4v) is 6.20. The molecule has 202 valence electrons. The minimum atomic E-state index is 0.152. The van der Waals surface area contributed by atoms with E-state index in [-0.39, 0.29) is 23.7 Å². The molecule has 0 aromatic heterocycles. The van der Waals surface area contributed by atoms with E-state index in [1.165, 1.54) is 0 Å². The maximum atomic E-state index is 13.7. The Morgan fingerprint density at radius 3 is 2.59 bits per heavy atom. The van der Waals surface area contributed by atoms with Crippen LogP contribution in [0.1, 0.15) is 31.2 Å². The summed E-state index contributed by atoms with van der Waals surface area (Å²) in [6, 6.07) is 8.60. The SMILES string of the molecule is CN1CCC(N2CC(=O)N3CC[C@@H](CC(=O)N4CCOCC4)[C@@H](/C=C\COc4ccccc4C2)C3)CC1. The first-order valence-corrected chi connectivity index (χ1v) is 14.0. The molecule has 4 aliphatic rings. The fourth-order valence-electron chi connectivity index (χ4n) is 6.20. The molecule has 2 amide bonds. The summed E-state index contributed by atoms with van der Waals surface area (Å²) in [4.78, 5) is 35.4. The van der Waals surface area contributed by atoms with Gasteiger partial charge in [0.05, 0.1) is 19.8 Å². The zero-order valence-corrected chi connectivity index (χ0v) is 22.2. The molecule has 5 rings (SSSR count). The quantitative estimate of drug-likeness (QED) is 0.582. The van der Waals surface area contributed by atoms with Crippen LogP contribution < -0.4 is 4.74 Å². The number of ether oxygens (including phenoxy) is 2. The third-order valence-electron chi connectivity index (χ3n) is 8.57. The molecular formula is C29H42N4O4. The van der Waals surface area contributed by atoms with Crippen LogP contribution in [-0.2, 0) is 20.9 Å². The predicted octanol–water partition coefficient (Wildman–Crippen LogP) is 2.25. The molecule has 1 aromatic rings. The molecule has 0 aliphatic carbocycles. The van der Waals surface area contributed by atoms with Crippen molar-refractivity contribution in [3.05, 3.63) is 42.0 Å². The highest BCUT2D eigenvalue weighted by Crippen LogP contribution is 2.30. The topological polar surface area (TPSA) is 65.6 Å². The molecule has 0 spiro atoms. The number of carbonyl (C=O) groups is 2. The van der Waals surface area contributed by atoms with E-state index < -0.39 is 0 Å². The van der Waals surface area contributed by atoms with E-state index in [0.717, 1.165) is 50.2 Å². The summed E-state index contributed by atoms with van der Waals surface area (Å²) >= 11 is 0. The summed E-state index contributed by atoms with van der Waals surface area (Å²) in [5.41, 5.74) is 1.13. The zero-order valence-electron chi connectivity index (χ0n) is 22.2. The average molecular weight is 511 g/mol. The predicted molar refractivity (Wildman–Crippen MR) is 142 cm³/mol. The molecule has 1 aromatic carbocycles. The first-order valence-electron chi connectivity index (χ1n) is 14.0. The molecule has 0 saturated carbocycles. The van der Waals surface area contributed by atoms with Crippen LogP contribution in [0, 0.1) is 11.8 Å². The molecule has 0 unspecified atom stereocenters. The van der Waals surface area contributed by atoms with Crippen molar-refractivity contribution in [1.29, 1.82) is 0 Å². The van der Waals surface area contributed by atoms with Gasteiger partial charge in [-0.1, -0.05) is 30.4 Å². The Morgan fingerprint density at radius 1 is 1.00 bits per heavy atom. The normalized spacial score (nSPS) is 27.9. The van der Waals surface area contributed by atoms with Gasteiger partial charge in [0.25, 0.3) is 0 Å². The van der Waals surface area contributed by atoms with Gasteiger partial charge in [0.15, 0.2) is 0 Å². The minimum Gasteiger partial charge on any atom is -0.489 e. The summed E-state index contributed by atoms with van der Waals surface area (Å²) in [5, 5.41) is 0. The molecular weight excluding hydrogens is 468 g/mol. The van der Waals surface area contributed by atoms with Crippen molar-refractivity contribution < 1.29 is 19.1 Å². The molecule has 8 nitrogen and oxygen atoms in total. The number of likely N-dealkylation sites (tertiary alicyclic amines) is 1. The van der Waals surface area contributed by atoms with E-state index in [2.05, 4.69) is 41.1 Å². The number of hydrogen-bond acceptors (Lipinski definition) is 6. The van der Waals surface area contributed by atoms with Gasteiger partial charge in [-0.15, -0.1) is 0 Å². The van der Waals surface area contributed by atoms with Crippen molar-refractivity contribution in [3.8, 4) is 5.75 Å². The van der Waals surface area contributed by atoms with Gasteiger partial charge in [-0.3, -0.25) is 14.5 Å². The van der Waals surface area contributed by atoms with Gasteiger partial charge in [-0.25, -0.2) is 0 Å². The Morgan fingerprint density at radius 2 is 1.78 bits per heavy atom. The van der Waals surface area contributed by atoms with E-state index >= 15 is 0 Å². The standard InChI is InChI=1S/C29H42N4O4/c1-30-11-9-26(10-12-30)33-21-25-5-2-3-7-27(25)37-16-4-6-24-20-32(29(35)22-33)13-8-23(24)19-28(34)31-14-17-36-18-15-31/h2-7,23-24,26H,8-22H2,1H3/b6-4-/t23-,24-/m0/s1. The molecule has 3 saturated heterocycles. The van der Waals surface area contributed by atoms with Gasteiger partial charge in [0.1, 0.15) is 12.4 Å². The molecule has 3 fully saturated rings. The highest BCUT2D eigenvalue weighted by molar-refractivity contribution is 5.79. The number of rotatable bonds is 3. The van der Waals surface area contributed by atoms with E-state index in [1.807, 2.05) is 21.9 Å². The molecule has 2 bridgehead atoms. The number of carbonyl (C=O) groups excluding carboxylic acids is 2. The van der Waals surface area contributed by atoms with Crippen molar-refractivity contribution in [2.45, 2.75) is 38.3 Å². The molecule has 0 radical (unpaired) electrons. The molecule has 4 aliphatic heterocycles. The van der Waals surface area contributed by atoms with E-state index in [9.17, 15) is 9.59 Å². The van der Waals surface area contributed by atoms with Crippen LogP contribution in [-0.4, -0.2) is 110 Å². The van der Waals surface area contributed by atoms with Crippen molar-refractivity contribution in [2.75, 3.05) is 72.7 Å². The number of fused-ring (bicyclic) bond motifs is 3. The monoisotopic (exact) mass is 510 g/mol. The van der Waals surface area contributed by atoms with Crippen molar-refractivity contribution >= 4 is 11.8 Å². The van der Waals surface area contributed by atoms with Crippen molar-refractivity contribution in [2.24, 2.45) is 11.8 Å². The third-order valence-corrected chi connectivity index (χ3v) is 8.57. The van der Waals surface area contributed by atoms with Gasteiger partial charge < -0.3 is 24.2 Å². The first-order chi connectivity index (χ1) is 18.1. The molecule has 2 atom stereocenters. The fraction of sp³-hybridized carbons (Fsp3) is 0.655. The lowest BCUT2D eigenvalue weighted by Crippen LogP contribution is -2.51. The zero-order chi connectivity index (χ0) is 25.6. The van der Waals surface area contributed by atoms with Crippen LogP contribution in [0.4, 0.5) is 0 Å². The molecule has 0 N–H and O–H groups in total. The number of para-hydroxylation sites is 1. The van der Waals surface area contributed by atoms with Gasteiger partial charge in [0.2, 0.25) is 11.8 Å². The number of amides is 2. The summed E-state index contributed by atoms with van der Waals surface area (Å²) in [7, 11) is 2.17. The van der Waals surface area contributed by atoms with Crippen LogP contribution >= 0.6 is 0 Å². The highest BCUT2D eigenvalue weighted by Gasteiger charge is 2.34. The number of piperidine rings is 2. The van der Waals surface area contributed by atoms with Crippen molar-refractivity contribution in [3.63, 3.8) is 0 Å². The molecule has 4 heterocycles. The van der Waals surface area contributed by atoms with Crippen molar-refractivity contribution in [1.82, 2.24) is 19.6 Å². The maximum Gasteiger partial charge on any atom is 0.236 e. The van der Waals surface area contributed by atoms with Crippen LogP contribution in [0.15, 0.2) is 36.4 Å². The Bertz CT molecular complexity index is 955. The second kappa shape index (κ2) is 12.4. The number of hydrogen-bond donors (Lipinski definition) is 0. The second-order valence-corrected chi connectivity index (χ2v) is 11.0. The third kappa shape index (κ3) is 6.72. The lowest BCUT2D eigenvalue weighted by Gasteiger charge is -2.41. The number of morpholine rings is 1. The summed E-state index contributed by atoms with van der Waals surface area (Å²) in [5.74, 6) is 1.69. The van der Waals surface area contributed by atoms with Gasteiger partial charge >= 0.3 is 0 Å². The van der Waals surface area contributed by atoms with E-state index in [4.69, 9.17) is 9.47 Å². The Labute approximate surface area is 221 Å². The first kappa shape index (κ1) is 26.2. The van der Waals surface area contributed by atoms with Gasteiger partial charge in [-0.05, 0) is 57.3 Å². The van der Waals surface area contributed by atoms with E-state index in [0.29, 0.717) is 65.0 Å². The minimum absolute atomic E-state index is 0.152. The van der Waals surface area contributed by atoms with Crippen LogP contribution in [0.3, 0.4) is 0 Å². The lowest BCUT2D eigenvalue weighted by molar-refractivity contribution is -0.138. The molecule has 37 heavy (non-hydrogen) atoms. The average Bonchev–Trinajstić information content (AvgIpc) is 2.93. The summed E-state index contributed by atoms with van der Waals surface area (Å²) in [6.07, 6.45) is 7.79. The largest absolute Gasteiger partial charge is 0.489 e. The Hall–Kier alpha value is -2.42. The van der Waals surface area contributed by atoms with Crippen LogP contribution in [0.2, 0.25) is 0 Å². The summed E-state index contributed by atoms with van der Waals surface area (Å²) < 4.78 is 11.6. The maximum absolute atomic E-state index is 13.7. The Balaban J connectivity index is 1.33. The van der Waals surface area contributed by atoms with E-state index in [1.54, 1.807) is 0 Å². The Kier molecular flexibility index (Phi) is 8.79. The van der Waals surface area contributed by atoms with Crippen LogP contribution in [0.25, 0.3) is 0 Å². The number of nitrogens with zero attached hydrogens (tertiary/aromatic N) is 4. The highest BCUT2D eigenvalue weighted by atomic mass is 16.5. The molecule has 8 heteroatoms.